The molecule has 0 bridgehead atoms. The van der Waals surface area contributed by atoms with E-state index in [2.05, 4.69) is 26.7 Å². The molecule has 1 unspecified atom stereocenters. The Hall–Kier alpha value is -4.07. The highest BCUT2D eigenvalue weighted by molar-refractivity contribution is 6.41. The van der Waals surface area contributed by atoms with Gasteiger partial charge in [0.1, 0.15) is 23.9 Å². The quantitative estimate of drug-likeness (QED) is 0.564. The van der Waals surface area contributed by atoms with Gasteiger partial charge in [0, 0.05) is 35.8 Å². The van der Waals surface area contributed by atoms with Crippen LogP contribution in [0.1, 0.15) is 43.0 Å². The number of nitrogens with zero attached hydrogens (tertiary/aromatic N) is 4. The number of nitrogens with one attached hydrogen (secondary N) is 2. The Bertz CT molecular complexity index is 1440. The number of fused-ring (bicyclic) bond motifs is 3. The summed E-state index contributed by atoms with van der Waals surface area (Å²) in [6.45, 7) is 6.50. The van der Waals surface area contributed by atoms with E-state index in [0.29, 0.717) is 11.5 Å². The number of anilines is 2. The van der Waals surface area contributed by atoms with Gasteiger partial charge in [-0.15, -0.1) is 0 Å². The van der Waals surface area contributed by atoms with E-state index in [4.69, 9.17) is 4.99 Å². The number of rotatable bonds is 5. The lowest BCUT2D eigenvalue weighted by atomic mass is 9.80. The summed E-state index contributed by atoms with van der Waals surface area (Å²) in [6.07, 6.45) is 5.43. The molecule has 0 fully saturated rings. The molecule has 2 aromatic heterocycles. The minimum Gasteiger partial charge on any atom is -0.369 e. The molecule has 0 radical (unpaired) electrons. The molecule has 1 aliphatic carbocycles. The molecule has 188 valence electrons. The molecule has 6 rings (SSSR count). The average molecular weight is 495 g/mol. The molecule has 37 heavy (non-hydrogen) atoms. The summed E-state index contributed by atoms with van der Waals surface area (Å²) in [7, 11) is 0. The van der Waals surface area contributed by atoms with Gasteiger partial charge in [0.25, 0.3) is 5.91 Å². The lowest BCUT2D eigenvalue weighted by Gasteiger charge is -2.33. The Morgan fingerprint density at radius 2 is 1.89 bits per heavy atom. The molecule has 0 saturated carbocycles. The first-order valence-corrected chi connectivity index (χ1v) is 12.7. The molecule has 4 heterocycles. The number of benzene rings is 1. The van der Waals surface area contributed by atoms with Gasteiger partial charge in [-0.05, 0) is 48.6 Å². The normalized spacial score (nSPS) is 23.7. The van der Waals surface area contributed by atoms with Crippen LogP contribution in [0.2, 0.25) is 0 Å². The van der Waals surface area contributed by atoms with Crippen LogP contribution >= 0.6 is 0 Å². The van der Waals surface area contributed by atoms with E-state index in [1.54, 1.807) is 4.90 Å². The van der Waals surface area contributed by atoms with Crippen LogP contribution in [0.3, 0.4) is 0 Å². The van der Waals surface area contributed by atoms with Crippen molar-refractivity contribution in [2.24, 2.45) is 10.9 Å². The maximum absolute atomic E-state index is 13.3. The van der Waals surface area contributed by atoms with Gasteiger partial charge in [-0.1, -0.05) is 50.2 Å². The van der Waals surface area contributed by atoms with Crippen LogP contribution in [-0.2, 0) is 33.5 Å². The first kappa shape index (κ1) is 23.3. The molecule has 2 aliphatic heterocycles. The highest BCUT2D eigenvalue weighted by Crippen LogP contribution is 2.45. The fourth-order valence-corrected chi connectivity index (χ4v) is 5.93. The van der Waals surface area contributed by atoms with Crippen LogP contribution in [0.4, 0.5) is 11.6 Å². The summed E-state index contributed by atoms with van der Waals surface area (Å²) in [4.78, 5) is 41.9. The highest BCUT2D eigenvalue weighted by atomic mass is 16.2. The third-order valence-corrected chi connectivity index (χ3v) is 7.88. The van der Waals surface area contributed by atoms with Crippen molar-refractivity contribution in [1.82, 2.24) is 14.9 Å². The number of pyridine rings is 2. The van der Waals surface area contributed by atoms with Crippen LogP contribution < -0.4 is 10.6 Å². The van der Waals surface area contributed by atoms with Gasteiger partial charge in [-0.25, -0.2) is 9.97 Å². The van der Waals surface area contributed by atoms with E-state index in [9.17, 15) is 9.59 Å². The number of carbonyl (C=O) groups is 2. The Kier molecular flexibility index (Phi) is 5.36. The molecule has 2 amide bonds. The Morgan fingerprint density at radius 1 is 1.11 bits per heavy atom. The predicted molar refractivity (Wildman–Crippen MR) is 142 cm³/mol. The molecule has 0 saturated heterocycles. The van der Waals surface area contributed by atoms with Crippen molar-refractivity contribution >= 4 is 29.2 Å². The molecule has 8 nitrogen and oxygen atoms in total. The Labute approximate surface area is 216 Å². The first-order chi connectivity index (χ1) is 17.8. The second kappa shape index (κ2) is 8.50. The number of amides is 2. The topological polar surface area (TPSA) is 99.6 Å². The molecule has 1 spiro atoms. The van der Waals surface area contributed by atoms with Gasteiger partial charge in [0.05, 0.1) is 0 Å². The van der Waals surface area contributed by atoms with Crippen LogP contribution in [0.5, 0.6) is 0 Å². The largest absolute Gasteiger partial charge is 0.369 e. The van der Waals surface area contributed by atoms with E-state index in [0.717, 1.165) is 30.8 Å². The maximum Gasteiger partial charge on any atom is 0.270 e. The second-order valence-electron chi connectivity index (χ2n) is 10.7. The minimum atomic E-state index is -0.941. The fourth-order valence-electron chi connectivity index (χ4n) is 5.93. The Morgan fingerprint density at radius 3 is 2.68 bits per heavy atom. The Balaban J connectivity index is 1.21. The third-order valence-electron chi connectivity index (χ3n) is 7.88. The summed E-state index contributed by atoms with van der Waals surface area (Å²) in [6, 6.07) is 15.7. The van der Waals surface area contributed by atoms with E-state index in [1.165, 1.54) is 16.7 Å². The smallest absolute Gasteiger partial charge is 0.270 e. The number of carbonyl (C=O) groups excluding carboxylic acids is 2. The van der Waals surface area contributed by atoms with Gasteiger partial charge >= 0.3 is 0 Å². The van der Waals surface area contributed by atoms with Gasteiger partial charge in [-0.2, -0.15) is 0 Å². The van der Waals surface area contributed by atoms with Crippen molar-refractivity contribution in [3.05, 3.63) is 83.2 Å². The molecular formula is C29H30N6O2. The number of aliphatic imine (C=N–C) groups is 1. The van der Waals surface area contributed by atoms with Crippen LogP contribution in [0.15, 0.2) is 65.9 Å². The lowest BCUT2D eigenvalue weighted by molar-refractivity contribution is -0.132. The summed E-state index contributed by atoms with van der Waals surface area (Å²) in [5, 5.41) is 6.37. The number of aromatic nitrogens is 2. The van der Waals surface area contributed by atoms with E-state index in [1.807, 2.05) is 75.6 Å². The van der Waals surface area contributed by atoms with Gasteiger partial charge < -0.3 is 10.6 Å². The fraction of sp³-hybridized carbons (Fsp3) is 0.345. The zero-order chi connectivity index (χ0) is 25.8. The molecule has 1 aromatic carbocycles. The van der Waals surface area contributed by atoms with Crippen molar-refractivity contribution in [2.45, 2.75) is 44.7 Å². The van der Waals surface area contributed by atoms with Crippen molar-refractivity contribution in [2.75, 3.05) is 23.7 Å². The number of hydrogen-bond acceptors (Lipinski definition) is 6. The summed E-state index contributed by atoms with van der Waals surface area (Å²) in [5.41, 5.74) is 4.00. The molecule has 3 aromatic rings. The minimum absolute atomic E-state index is 0.0275. The van der Waals surface area contributed by atoms with E-state index in [-0.39, 0.29) is 29.7 Å². The van der Waals surface area contributed by atoms with E-state index >= 15 is 0 Å². The van der Waals surface area contributed by atoms with Crippen LogP contribution in [0.25, 0.3) is 0 Å². The maximum atomic E-state index is 13.3. The summed E-state index contributed by atoms with van der Waals surface area (Å²) in [5.74, 6) is 0.904. The van der Waals surface area contributed by atoms with Gasteiger partial charge in [0.2, 0.25) is 5.91 Å². The van der Waals surface area contributed by atoms with Gasteiger partial charge in [0.15, 0.2) is 5.66 Å². The van der Waals surface area contributed by atoms with Crippen LogP contribution in [0, 0.1) is 5.92 Å². The van der Waals surface area contributed by atoms with Crippen LogP contribution in [-0.4, -0.2) is 45.5 Å². The molecule has 2 atom stereocenters. The zero-order valence-electron chi connectivity index (χ0n) is 21.3. The average Bonchev–Trinajstić information content (AvgIpc) is 3.53. The second-order valence-corrected chi connectivity index (χ2v) is 10.7. The monoisotopic (exact) mass is 494 g/mol. The lowest BCUT2D eigenvalue weighted by Crippen LogP contribution is -2.47. The van der Waals surface area contributed by atoms with Crippen molar-refractivity contribution in [1.29, 1.82) is 0 Å². The molecule has 2 N–H and O–H groups in total. The predicted octanol–water partition coefficient (Wildman–Crippen LogP) is 3.69. The molecular weight excluding hydrogens is 464 g/mol. The van der Waals surface area contributed by atoms with Crippen molar-refractivity contribution in [3.8, 4) is 0 Å². The van der Waals surface area contributed by atoms with E-state index < -0.39 is 5.66 Å². The van der Waals surface area contributed by atoms with Crippen molar-refractivity contribution in [3.63, 3.8) is 0 Å². The third kappa shape index (κ3) is 3.79. The van der Waals surface area contributed by atoms with Crippen molar-refractivity contribution < 1.29 is 9.59 Å². The summed E-state index contributed by atoms with van der Waals surface area (Å²) >= 11 is 0. The summed E-state index contributed by atoms with van der Waals surface area (Å²) < 4.78 is 0. The zero-order valence-corrected chi connectivity index (χ0v) is 21.3. The first-order valence-electron chi connectivity index (χ1n) is 12.7. The molecule has 3 aliphatic rings. The van der Waals surface area contributed by atoms with Gasteiger partial charge in [-0.3, -0.25) is 19.5 Å². The molecule has 8 heteroatoms. The standard InChI is InChI=1S/C29H30N6O2/c1-18(2)25-27(37)35(28(3,34-25)21-8-5-4-6-9-21)16-24(36)33-23-12-19-13-29(14-20(19)15-31-23)17-32-26-22(29)10-7-11-30-26/h4-12,15,18H,13-14,16-17H2,1-3H3,(H,30,32)(H,31,33,36)/t28-,29?/m1/s1. The SMILES string of the molecule is CC(C)C1=N[C@@](C)(c2ccccc2)N(CC(=O)Nc2cc3c(cn2)CC2(CNc4ncccc42)C3)C1=O. The number of hydrogen-bond donors (Lipinski definition) is 2. The highest BCUT2D eigenvalue weighted by Gasteiger charge is 2.47.